The maximum Gasteiger partial charge on any atom is 0.237 e. The average Bonchev–Trinajstić information content (AvgIpc) is 2.99. The number of amides is 1. The highest BCUT2D eigenvalue weighted by molar-refractivity contribution is 8.00. The van der Waals surface area contributed by atoms with Crippen LogP contribution in [-0.2, 0) is 11.8 Å². The zero-order chi connectivity index (χ0) is 18.7. The van der Waals surface area contributed by atoms with Crippen molar-refractivity contribution in [3.8, 4) is 11.4 Å². The van der Waals surface area contributed by atoms with E-state index in [4.69, 9.17) is 0 Å². The Balaban J connectivity index is 1.69. The number of aryl methyl sites for hydroxylation is 1. The van der Waals surface area contributed by atoms with Crippen LogP contribution in [0, 0.1) is 12.7 Å². The fourth-order valence-corrected chi connectivity index (χ4v) is 3.20. The molecule has 1 amide bonds. The lowest BCUT2D eigenvalue weighted by atomic mass is 10.2. The Labute approximate surface area is 155 Å². The van der Waals surface area contributed by atoms with Gasteiger partial charge in [-0.3, -0.25) is 4.79 Å². The minimum absolute atomic E-state index is 0.220. The number of nitrogens with zero attached hydrogens (tertiary/aromatic N) is 3. The molecule has 3 aromatic rings. The van der Waals surface area contributed by atoms with Crippen LogP contribution in [0.5, 0.6) is 0 Å². The van der Waals surface area contributed by atoms with E-state index in [0.717, 1.165) is 11.4 Å². The molecule has 2 aromatic carbocycles. The molecule has 1 atom stereocenters. The minimum Gasteiger partial charge on any atom is -0.325 e. The van der Waals surface area contributed by atoms with Gasteiger partial charge in [-0.25, -0.2) is 4.39 Å². The van der Waals surface area contributed by atoms with Crippen molar-refractivity contribution in [2.24, 2.45) is 7.05 Å². The molecule has 0 saturated carbocycles. The van der Waals surface area contributed by atoms with E-state index >= 15 is 0 Å². The van der Waals surface area contributed by atoms with Crippen LogP contribution in [0.4, 0.5) is 10.1 Å². The van der Waals surface area contributed by atoms with Crippen molar-refractivity contribution in [2.45, 2.75) is 24.3 Å². The van der Waals surface area contributed by atoms with Gasteiger partial charge in [0, 0.05) is 18.3 Å². The van der Waals surface area contributed by atoms with Gasteiger partial charge in [0.2, 0.25) is 5.91 Å². The van der Waals surface area contributed by atoms with Crippen LogP contribution in [0.25, 0.3) is 11.4 Å². The summed E-state index contributed by atoms with van der Waals surface area (Å²) in [5.41, 5.74) is 1.94. The normalized spacial score (nSPS) is 12.0. The molecule has 0 radical (unpaired) electrons. The van der Waals surface area contributed by atoms with Crippen LogP contribution in [0.1, 0.15) is 12.5 Å². The van der Waals surface area contributed by atoms with Crippen LogP contribution in [0.2, 0.25) is 0 Å². The molecular formula is C19H19FN4OS. The number of rotatable bonds is 5. The van der Waals surface area contributed by atoms with Crippen LogP contribution in [-0.4, -0.2) is 25.9 Å². The number of halogens is 1. The van der Waals surface area contributed by atoms with Gasteiger partial charge in [-0.05, 0) is 31.5 Å². The molecule has 0 unspecified atom stereocenters. The number of carbonyl (C=O) groups excluding carboxylic acids is 1. The van der Waals surface area contributed by atoms with E-state index in [-0.39, 0.29) is 11.7 Å². The predicted octanol–water partition coefficient (Wildman–Crippen LogP) is 4.05. The molecule has 0 bridgehead atoms. The minimum atomic E-state index is -0.411. The number of hydrogen-bond donors (Lipinski definition) is 1. The molecule has 3 rings (SSSR count). The summed E-state index contributed by atoms with van der Waals surface area (Å²) in [6.07, 6.45) is 0. The quantitative estimate of drug-likeness (QED) is 0.689. The lowest BCUT2D eigenvalue weighted by molar-refractivity contribution is -0.115. The van der Waals surface area contributed by atoms with E-state index in [1.807, 2.05) is 41.9 Å². The van der Waals surface area contributed by atoms with Gasteiger partial charge in [0.1, 0.15) is 5.82 Å². The van der Waals surface area contributed by atoms with E-state index in [9.17, 15) is 9.18 Å². The van der Waals surface area contributed by atoms with Crippen molar-refractivity contribution in [1.29, 1.82) is 0 Å². The van der Waals surface area contributed by atoms with Gasteiger partial charge in [0.05, 0.1) is 5.25 Å². The fourth-order valence-electron chi connectivity index (χ4n) is 2.38. The van der Waals surface area contributed by atoms with E-state index in [1.165, 1.54) is 17.8 Å². The van der Waals surface area contributed by atoms with Crippen molar-refractivity contribution in [3.63, 3.8) is 0 Å². The van der Waals surface area contributed by atoms with E-state index in [1.54, 1.807) is 26.0 Å². The zero-order valence-corrected chi connectivity index (χ0v) is 15.5. The highest BCUT2D eigenvalue weighted by atomic mass is 32.2. The van der Waals surface area contributed by atoms with Crippen LogP contribution in [0.15, 0.2) is 53.7 Å². The molecule has 134 valence electrons. The van der Waals surface area contributed by atoms with Crippen molar-refractivity contribution < 1.29 is 9.18 Å². The number of aromatic nitrogens is 3. The van der Waals surface area contributed by atoms with Gasteiger partial charge in [-0.15, -0.1) is 10.2 Å². The lowest BCUT2D eigenvalue weighted by Crippen LogP contribution is -2.23. The smallest absolute Gasteiger partial charge is 0.237 e. The summed E-state index contributed by atoms with van der Waals surface area (Å²) < 4.78 is 15.5. The van der Waals surface area contributed by atoms with Gasteiger partial charge < -0.3 is 9.88 Å². The third kappa shape index (κ3) is 3.94. The van der Waals surface area contributed by atoms with E-state index in [2.05, 4.69) is 15.5 Å². The summed E-state index contributed by atoms with van der Waals surface area (Å²) in [5, 5.41) is 11.4. The molecule has 0 spiro atoms. The first kappa shape index (κ1) is 18.1. The molecule has 1 N–H and O–H groups in total. The number of thioether (sulfide) groups is 1. The number of nitrogens with one attached hydrogen (secondary N) is 1. The summed E-state index contributed by atoms with van der Waals surface area (Å²) in [7, 11) is 1.87. The maximum absolute atomic E-state index is 13.6. The predicted molar refractivity (Wildman–Crippen MR) is 102 cm³/mol. The molecule has 0 aliphatic carbocycles. The first-order valence-corrected chi connectivity index (χ1v) is 9.02. The number of carbonyl (C=O) groups is 1. The van der Waals surface area contributed by atoms with Gasteiger partial charge in [0.25, 0.3) is 0 Å². The SMILES string of the molecule is Cc1ccc(NC(=O)[C@H](C)Sc2nnc(-c3ccccc3)n2C)cc1F. The third-order valence-corrected chi connectivity index (χ3v) is 5.09. The standard InChI is InChI=1S/C19H19FN4OS/c1-12-9-10-15(11-16(12)20)21-18(25)13(2)26-19-23-22-17(24(19)3)14-7-5-4-6-8-14/h4-11,13H,1-3H3,(H,21,25)/t13-/m0/s1. The van der Waals surface area contributed by atoms with Gasteiger partial charge in [0.15, 0.2) is 11.0 Å². The Morgan fingerprint density at radius 3 is 2.62 bits per heavy atom. The van der Waals surface area contributed by atoms with Crippen molar-refractivity contribution >= 4 is 23.4 Å². The fraction of sp³-hybridized carbons (Fsp3) is 0.211. The Hall–Kier alpha value is -2.67. The Morgan fingerprint density at radius 1 is 1.19 bits per heavy atom. The highest BCUT2D eigenvalue weighted by Gasteiger charge is 2.19. The number of benzene rings is 2. The second-order valence-electron chi connectivity index (χ2n) is 5.94. The van der Waals surface area contributed by atoms with Crippen LogP contribution >= 0.6 is 11.8 Å². The van der Waals surface area contributed by atoms with Gasteiger partial charge in [-0.2, -0.15) is 0 Å². The van der Waals surface area contributed by atoms with Crippen LogP contribution in [0.3, 0.4) is 0 Å². The first-order valence-electron chi connectivity index (χ1n) is 8.14. The summed E-state index contributed by atoms with van der Waals surface area (Å²) in [4.78, 5) is 12.4. The molecule has 5 nitrogen and oxygen atoms in total. The second-order valence-corrected chi connectivity index (χ2v) is 7.25. The summed E-state index contributed by atoms with van der Waals surface area (Å²) in [5.74, 6) is 0.174. The van der Waals surface area contributed by atoms with E-state index in [0.29, 0.717) is 16.4 Å². The van der Waals surface area contributed by atoms with Gasteiger partial charge in [-0.1, -0.05) is 48.2 Å². The van der Waals surface area contributed by atoms with Crippen LogP contribution < -0.4 is 5.32 Å². The molecule has 1 heterocycles. The summed E-state index contributed by atoms with van der Waals surface area (Å²) in [6, 6.07) is 14.4. The van der Waals surface area contributed by atoms with Crippen molar-refractivity contribution in [3.05, 3.63) is 59.9 Å². The molecule has 0 fully saturated rings. The number of anilines is 1. The maximum atomic E-state index is 13.6. The Kier molecular flexibility index (Phi) is 5.37. The van der Waals surface area contributed by atoms with E-state index < -0.39 is 5.25 Å². The second kappa shape index (κ2) is 7.70. The topological polar surface area (TPSA) is 59.8 Å². The molecular weight excluding hydrogens is 351 g/mol. The van der Waals surface area contributed by atoms with Crippen molar-refractivity contribution in [2.75, 3.05) is 5.32 Å². The molecule has 7 heteroatoms. The molecule has 0 aliphatic heterocycles. The van der Waals surface area contributed by atoms with Crippen molar-refractivity contribution in [1.82, 2.24) is 14.8 Å². The monoisotopic (exact) mass is 370 g/mol. The largest absolute Gasteiger partial charge is 0.325 e. The Morgan fingerprint density at radius 2 is 1.92 bits per heavy atom. The lowest BCUT2D eigenvalue weighted by Gasteiger charge is -2.12. The molecule has 0 saturated heterocycles. The highest BCUT2D eigenvalue weighted by Crippen LogP contribution is 2.26. The first-order chi connectivity index (χ1) is 12.5. The average molecular weight is 370 g/mol. The molecule has 0 aliphatic rings. The molecule has 1 aromatic heterocycles. The third-order valence-electron chi connectivity index (χ3n) is 3.96. The summed E-state index contributed by atoms with van der Waals surface area (Å²) in [6.45, 7) is 3.46. The molecule has 26 heavy (non-hydrogen) atoms. The zero-order valence-electron chi connectivity index (χ0n) is 14.7. The Bertz CT molecular complexity index is 927. The van der Waals surface area contributed by atoms with Gasteiger partial charge >= 0.3 is 0 Å². The number of hydrogen-bond acceptors (Lipinski definition) is 4. The summed E-state index contributed by atoms with van der Waals surface area (Å²) >= 11 is 1.30.